The summed E-state index contributed by atoms with van der Waals surface area (Å²) in [6, 6.07) is 5.60. The lowest BCUT2D eigenvalue weighted by atomic mass is 10.2. The van der Waals surface area contributed by atoms with E-state index in [-0.39, 0.29) is 5.91 Å². The zero-order chi connectivity index (χ0) is 13.0. The molecule has 0 saturated heterocycles. The molecule has 0 radical (unpaired) electrons. The first-order chi connectivity index (χ1) is 8.66. The predicted octanol–water partition coefficient (Wildman–Crippen LogP) is 2.87. The van der Waals surface area contributed by atoms with E-state index >= 15 is 0 Å². The summed E-state index contributed by atoms with van der Waals surface area (Å²) < 4.78 is 0. The highest BCUT2D eigenvalue weighted by Crippen LogP contribution is 2.20. The minimum atomic E-state index is -0.150. The molecule has 5 heteroatoms. The van der Waals surface area contributed by atoms with Crippen LogP contribution in [0, 0.1) is 0 Å². The first-order valence-electron chi connectivity index (χ1n) is 6.13. The summed E-state index contributed by atoms with van der Waals surface area (Å²) in [5.74, 6) is -0.150. The third kappa shape index (κ3) is 4.16. The Morgan fingerprint density at radius 2 is 2.06 bits per heavy atom. The molecule has 3 nitrogen and oxygen atoms in total. The lowest BCUT2D eigenvalue weighted by Gasteiger charge is -2.07. The SMILES string of the molecule is O=C(NCCCNC1CC1)c1ccc(Cl)cc1Cl. The van der Waals surface area contributed by atoms with Crippen LogP contribution in [0.4, 0.5) is 0 Å². The zero-order valence-electron chi connectivity index (χ0n) is 10.0. The third-order valence-corrected chi connectivity index (χ3v) is 3.37. The Morgan fingerprint density at radius 1 is 1.28 bits per heavy atom. The third-order valence-electron chi connectivity index (χ3n) is 2.83. The zero-order valence-corrected chi connectivity index (χ0v) is 11.5. The van der Waals surface area contributed by atoms with Crippen molar-refractivity contribution < 1.29 is 4.79 Å². The van der Waals surface area contributed by atoms with Crippen LogP contribution >= 0.6 is 23.2 Å². The maximum Gasteiger partial charge on any atom is 0.252 e. The minimum Gasteiger partial charge on any atom is -0.352 e. The van der Waals surface area contributed by atoms with Crippen molar-refractivity contribution in [1.82, 2.24) is 10.6 Å². The van der Waals surface area contributed by atoms with Gasteiger partial charge < -0.3 is 10.6 Å². The highest BCUT2D eigenvalue weighted by molar-refractivity contribution is 6.36. The molecule has 18 heavy (non-hydrogen) atoms. The normalized spacial score (nSPS) is 14.6. The molecule has 1 aliphatic carbocycles. The summed E-state index contributed by atoms with van der Waals surface area (Å²) in [5, 5.41) is 7.16. The van der Waals surface area contributed by atoms with E-state index in [1.54, 1.807) is 18.2 Å². The van der Waals surface area contributed by atoms with Crippen LogP contribution < -0.4 is 10.6 Å². The van der Waals surface area contributed by atoms with Gasteiger partial charge in [0, 0.05) is 17.6 Å². The molecule has 0 aliphatic heterocycles. The average Bonchev–Trinajstić information content (AvgIpc) is 3.12. The van der Waals surface area contributed by atoms with Gasteiger partial charge in [-0.05, 0) is 44.0 Å². The van der Waals surface area contributed by atoms with Gasteiger partial charge in [0.05, 0.1) is 10.6 Å². The molecule has 1 amide bonds. The first kappa shape index (κ1) is 13.7. The molecular formula is C13H16Cl2N2O. The number of hydrogen-bond acceptors (Lipinski definition) is 2. The highest BCUT2D eigenvalue weighted by Gasteiger charge is 2.19. The Hall–Kier alpha value is -0.770. The van der Waals surface area contributed by atoms with Crippen molar-refractivity contribution in [1.29, 1.82) is 0 Å². The van der Waals surface area contributed by atoms with Crippen molar-refractivity contribution in [3.05, 3.63) is 33.8 Å². The van der Waals surface area contributed by atoms with Crippen LogP contribution in [0.15, 0.2) is 18.2 Å². The number of carbonyl (C=O) groups is 1. The fourth-order valence-corrected chi connectivity index (χ4v) is 2.15. The molecule has 1 aromatic rings. The standard InChI is InChI=1S/C13H16Cl2N2O/c14-9-2-5-11(12(15)8-9)13(18)17-7-1-6-16-10-3-4-10/h2,5,8,10,16H,1,3-4,6-7H2,(H,17,18). The van der Waals surface area contributed by atoms with E-state index < -0.39 is 0 Å². The van der Waals surface area contributed by atoms with Crippen LogP contribution in [-0.2, 0) is 0 Å². The molecule has 1 saturated carbocycles. The molecule has 0 aromatic heterocycles. The Bertz CT molecular complexity index is 433. The molecule has 1 aliphatic rings. The van der Waals surface area contributed by atoms with Gasteiger partial charge in [0.2, 0.25) is 0 Å². The molecule has 1 fully saturated rings. The lowest BCUT2D eigenvalue weighted by molar-refractivity contribution is 0.0953. The first-order valence-corrected chi connectivity index (χ1v) is 6.89. The van der Waals surface area contributed by atoms with Crippen molar-refractivity contribution in [2.45, 2.75) is 25.3 Å². The van der Waals surface area contributed by atoms with E-state index in [0.717, 1.165) is 13.0 Å². The van der Waals surface area contributed by atoms with Crippen LogP contribution in [0.3, 0.4) is 0 Å². The second-order valence-corrected chi connectivity index (χ2v) is 5.31. The number of rotatable bonds is 6. The Morgan fingerprint density at radius 3 is 2.72 bits per heavy atom. The van der Waals surface area contributed by atoms with Gasteiger partial charge >= 0.3 is 0 Å². The molecule has 0 spiro atoms. The largest absolute Gasteiger partial charge is 0.352 e. The van der Waals surface area contributed by atoms with Crippen LogP contribution in [-0.4, -0.2) is 25.0 Å². The lowest BCUT2D eigenvalue weighted by Crippen LogP contribution is -2.28. The molecule has 0 heterocycles. The number of amides is 1. The molecular weight excluding hydrogens is 271 g/mol. The Kier molecular flexibility index (Phi) is 4.87. The average molecular weight is 287 g/mol. The number of carbonyl (C=O) groups excluding carboxylic acids is 1. The molecule has 98 valence electrons. The molecule has 2 N–H and O–H groups in total. The predicted molar refractivity (Wildman–Crippen MR) is 74.4 cm³/mol. The van der Waals surface area contributed by atoms with Crippen LogP contribution in [0.5, 0.6) is 0 Å². The van der Waals surface area contributed by atoms with Gasteiger partial charge in [-0.15, -0.1) is 0 Å². The smallest absolute Gasteiger partial charge is 0.252 e. The summed E-state index contributed by atoms with van der Waals surface area (Å²) in [4.78, 5) is 11.8. The van der Waals surface area contributed by atoms with Gasteiger partial charge in [0.1, 0.15) is 0 Å². The van der Waals surface area contributed by atoms with E-state index in [1.165, 1.54) is 12.8 Å². The van der Waals surface area contributed by atoms with Crippen LogP contribution in [0.1, 0.15) is 29.6 Å². The summed E-state index contributed by atoms with van der Waals surface area (Å²) in [6.45, 7) is 1.59. The molecule has 0 unspecified atom stereocenters. The fraction of sp³-hybridized carbons (Fsp3) is 0.462. The number of benzene rings is 1. The maximum absolute atomic E-state index is 11.8. The van der Waals surface area contributed by atoms with Crippen molar-refractivity contribution in [3.63, 3.8) is 0 Å². The Labute approximate surface area is 117 Å². The van der Waals surface area contributed by atoms with Crippen molar-refractivity contribution in [3.8, 4) is 0 Å². The molecule has 2 rings (SSSR count). The van der Waals surface area contributed by atoms with Gasteiger partial charge in [-0.1, -0.05) is 23.2 Å². The summed E-state index contributed by atoms with van der Waals surface area (Å²) in [7, 11) is 0. The van der Waals surface area contributed by atoms with Crippen molar-refractivity contribution in [2.75, 3.05) is 13.1 Å². The van der Waals surface area contributed by atoms with Gasteiger partial charge in [0.15, 0.2) is 0 Å². The molecule has 0 atom stereocenters. The number of halogens is 2. The van der Waals surface area contributed by atoms with E-state index in [1.807, 2.05) is 0 Å². The molecule has 0 bridgehead atoms. The van der Waals surface area contributed by atoms with Gasteiger partial charge in [-0.25, -0.2) is 0 Å². The highest BCUT2D eigenvalue weighted by atomic mass is 35.5. The van der Waals surface area contributed by atoms with Gasteiger partial charge in [-0.2, -0.15) is 0 Å². The van der Waals surface area contributed by atoms with Gasteiger partial charge in [-0.3, -0.25) is 4.79 Å². The summed E-state index contributed by atoms with van der Waals surface area (Å²) in [5.41, 5.74) is 0.469. The van der Waals surface area contributed by atoms with Gasteiger partial charge in [0.25, 0.3) is 5.91 Å². The Balaban J connectivity index is 1.72. The molecule has 1 aromatic carbocycles. The number of hydrogen-bond donors (Lipinski definition) is 2. The number of nitrogens with one attached hydrogen (secondary N) is 2. The summed E-state index contributed by atoms with van der Waals surface area (Å²) in [6.07, 6.45) is 3.49. The minimum absolute atomic E-state index is 0.150. The van der Waals surface area contributed by atoms with Crippen molar-refractivity contribution >= 4 is 29.1 Å². The summed E-state index contributed by atoms with van der Waals surface area (Å²) >= 11 is 11.7. The quantitative estimate of drug-likeness (QED) is 0.790. The fourth-order valence-electron chi connectivity index (χ4n) is 1.65. The van der Waals surface area contributed by atoms with E-state index in [2.05, 4.69) is 10.6 Å². The second kappa shape index (κ2) is 6.41. The van der Waals surface area contributed by atoms with E-state index in [9.17, 15) is 4.79 Å². The van der Waals surface area contributed by atoms with Crippen molar-refractivity contribution in [2.24, 2.45) is 0 Å². The van der Waals surface area contributed by atoms with Crippen LogP contribution in [0.25, 0.3) is 0 Å². The maximum atomic E-state index is 11.8. The van der Waals surface area contributed by atoms with E-state index in [4.69, 9.17) is 23.2 Å². The van der Waals surface area contributed by atoms with Crippen LogP contribution in [0.2, 0.25) is 10.0 Å². The monoisotopic (exact) mass is 286 g/mol. The topological polar surface area (TPSA) is 41.1 Å². The second-order valence-electron chi connectivity index (χ2n) is 4.46. The van der Waals surface area contributed by atoms with E-state index in [0.29, 0.717) is 28.2 Å².